The number of sulfonamides is 1. The first-order valence-corrected chi connectivity index (χ1v) is 17.9. The number of anilines is 1. The predicted octanol–water partition coefficient (Wildman–Crippen LogP) is 1.89. The summed E-state index contributed by atoms with van der Waals surface area (Å²) in [6.45, 7) is -1.45. The molecule has 47 heavy (non-hydrogen) atoms. The lowest BCUT2D eigenvalue weighted by atomic mass is 9.89. The first-order chi connectivity index (χ1) is 22.3. The fourth-order valence-electron chi connectivity index (χ4n) is 6.51. The van der Waals surface area contributed by atoms with Gasteiger partial charge in [0, 0.05) is 54.6 Å². The minimum absolute atomic E-state index is 0.0475. The molecule has 10 nitrogen and oxygen atoms in total. The Hall–Kier alpha value is -2.72. The van der Waals surface area contributed by atoms with Gasteiger partial charge < -0.3 is 34.6 Å². The molecule has 2 aliphatic carbocycles. The Morgan fingerprint density at radius 3 is 2.34 bits per heavy atom. The minimum Gasteiger partial charge on any atom is -0.495 e. The van der Waals surface area contributed by atoms with E-state index in [4.69, 9.17) is 4.74 Å². The molecule has 0 amide bonds. The monoisotopic (exact) mass is 695 g/mol. The molecule has 1 aromatic carbocycles. The molecule has 1 saturated carbocycles. The van der Waals surface area contributed by atoms with Gasteiger partial charge in [0.2, 0.25) is 10.0 Å². The molecule has 4 rings (SSSR count). The molecule has 0 radical (unpaired) electrons. The Morgan fingerprint density at radius 2 is 1.74 bits per heavy atom. The van der Waals surface area contributed by atoms with E-state index in [1.54, 1.807) is 19.9 Å². The standard InChI is InChI=1S/C33H48F2N5O5PS/c1-37(2)24-10-12-25(13-11-24)38(3)30-8-5-9-31-28(30)21-26(40(31)23-33(34,35)46)7-6-16-36-29-15-14-27(22-32(29)45-4)47(43,44)39(17-19-41)18-20-42/h9,14-15,21-22,24-25,36,41-42H,5,8,10-13,16-20,23,46H2,1-4H3. The molecule has 0 bridgehead atoms. The second kappa shape index (κ2) is 16.1. The van der Waals surface area contributed by atoms with Crippen molar-refractivity contribution in [2.24, 2.45) is 0 Å². The summed E-state index contributed by atoms with van der Waals surface area (Å²) in [6, 6.07) is 7.25. The number of methoxy groups -OCH3 is 1. The highest BCUT2D eigenvalue weighted by atomic mass is 32.2. The Morgan fingerprint density at radius 1 is 1.09 bits per heavy atom. The van der Waals surface area contributed by atoms with Crippen LogP contribution in [0.1, 0.15) is 44.2 Å². The van der Waals surface area contributed by atoms with Crippen molar-refractivity contribution in [3.8, 4) is 17.6 Å². The highest BCUT2D eigenvalue weighted by Crippen LogP contribution is 2.30. The fourth-order valence-corrected chi connectivity index (χ4v) is 8.13. The first kappa shape index (κ1) is 37.1. The summed E-state index contributed by atoms with van der Waals surface area (Å²) >= 11 is 0. The van der Waals surface area contributed by atoms with Crippen LogP contribution in [-0.4, -0.2) is 116 Å². The fraction of sp³-hybridized carbons (Fsp3) is 0.576. The maximum Gasteiger partial charge on any atom is 0.276 e. The third kappa shape index (κ3) is 9.05. The molecule has 260 valence electrons. The lowest BCUT2D eigenvalue weighted by Gasteiger charge is -2.39. The zero-order valence-electron chi connectivity index (χ0n) is 27.7. The number of aliphatic hydroxyl groups excluding tert-OH is 2. The Kier molecular flexibility index (Phi) is 12.7. The summed E-state index contributed by atoms with van der Waals surface area (Å²) in [5.41, 5.74) is -0.847. The van der Waals surface area contributed by atoms with Crippen LogP contribution < -0.4 is 20.6 Å². The van der Waals surface area contributed by atoms with Gasteiger partial charge in [0.05, 0.1) is 49.7 Å². The van der Waals surface area contributed by atoms with Gasteiger partial charge in [-0.3, -0.25) is 0 Å². The van der Waals surface area contributed by atoms with Crippen LogP contribution >= 0.6 is 9.24 Å². The predicted molar refractivity (Wildman–Crippen MR) is 184 cm³/mol. The molecular weight excluding hydrogens is 647 g/mol. The Bertz CT molecular complexity index is 1670. The number of ether oxygens (including phenoxy) is 1. The largest absolute Gasteiger partial charge is 0.495 e. The third-order valence-electron chi connectivity index (χ3n) is 9.00. The molecule has 2 aliphatic rings. The van der Waals surface area contributed by atoms with E-state index in [1.807, 2.05) is 12.1 Å². The van der Waals surface area contributed by atoms with Crippen molar-refractivity contribution < 1.29 is 32.1 Å². The normalized spacial score (nSPS) is 18.4. The molecular formula is C33H48F2N5O5PS. The van der Waals surface area contributed by atoms with Crippen molar-refractivity contribution in [3.05, 3.63) is 40.5 Å². The summed E-state index contributed by atoms with van der Waals surface area (Å²) in [5.74, 6) is 6.40. The van der Waals surface area contributed by atoms with Crippen LogP contribution in [0.3, 0.4) is 0 Å². The number of aromatic nitrogens is 1. The average Bonchev–Trinajstić information content (AvgIpc) is 3.38. The van der Waals surface area contributed by atoms with E-state index < -0.39 is 22.2 Å². The Labute approximate surface area is 279 Å². The van der Waals surface area contributed by atoms with Crippen LogP contribution in [0.15, 0.2) is 29.2 Å². The topological polar surface area (TPSA) is 111 Å². The molecule has 1 heterocycles. The number of benzene rings is 1. The highest BCUT2D eigenvalue weighted by Gasteiger charge is 2.29. The smallest absolute Gasteiger partial charge is 0.276 e. The van der Waals surface area contributed by atoms with Gasteiger partial charge in [-0.05, 0) is 76.7 Å². The van der Waals surface area contributed by atoms with Crippen molar-refractivity contribution in [2.45, 2.75) is 67.7 Å². The Balaban J connectivity index is 1.59. The number of nitrogens with one attached hydrogen (secondary N) is 1. The van der Waals surface area contributed by atoms with E-state index in [9.17, 15) is 27.4 Å². The van der Waals surface area contributed by atoms with Crippen LogP contribution in [0, 0.1) is 11.8 Å². The lowest BCUT2D eigenvalue weighted by molar-refractivity contribution is 0.0828. The number of hydrogen-bond acceptors (Lipinski definition) is 8. The quantitative estimate of drug-likeness (QED) is 0.203. The second-order valence-electron chi connectivity index (χ2n) is 12.3. The molecule has 0 aliphatic heterocycles. The number of nitrogens with zero attached hydrogens (tertiary/aromatic N) is 4. The van der Waals surface area contributed by atoms with E-state index in [0.717, 1.165) is 53.4 Å². The van der Waals surface area contributed by atoms with Crippen molar-refractivity contribution in [1.29, 1.82) is 0 Å². The molecule has 0 saturated heterocycles. The van der Waals surface area contributed by atoms with E-state index in [0.29, 0.717) is 23.5 Å². The minimum atomic E-state index is -3.98. The number of hydrogen-bond donors (Lipinski definition) is 3. The molecule has 14 heteroatoms. The van der Waals surface area contributed by atoms with Crippen LogP contribution in [0.25, 0.3) is 11.8 Å². The summed E-state index contributed by atoms with van der Waals surface area (Å²) in [6.07, 6.45) is 8.08. The van der Waals surface area contributed by atoms with Gasteiger partial charge in [-0.15, -0.1) is 0 Å². The molecule has 1 aromatic heterocycles. The third-order valence-corrected chi connectivity index (χ3v) is 11.1. The van der Waals surface area contributed by atoms with E-state index in [1.165, 1.54) is 24.9 Å². The highest BCUT2D eigenvalue weighted by molar-refractivity contribution is 7.89. The number of halogens is 2. The maximum absolute atomic E-state index is 14.4. The number of fused-ring (bicyclic) bond motifs is 1. The second-order valence-corrected chi connectivity index (χ2v) is 15.1. The zero-order valence-corrected chi connectivity index (χ0v) is 29.6. The summed E-state index contributed by atoms with van der Waals surface area (Å²) in [5, 5.41) is 23.4. The van der Waals surface area contributed by atoms with E-state index in [-0.39, 0.29) is 43.5 Å². The van der Waals surface area contributed by atoms with Crippen LogP contribution in [0.2, 0.25) is 0 Å². The van der Waals surface area contributed by atoms with Crippen molar-refractivity contribution in [1.82, 2.24) is 18.7 Å². The summed E-state index contributed by atoms with van der Waals surface area (Å²) < 4.78 is 62.9. The average molecular weight is 696 g/mol. The molecule has 0 spiro atoms. The number of alkyl halides is 2. The van der Waals surface area contributed by atoms with Crippen molar-refractivity contribution >= 4 is 36.7 Å². The molecule has 1 unspecified atom stereocenters. The molecule has 3 N–H and O–H groups in total. The number of rotatable bonds is 14. The van der Waals surface area contributed by atoms with E-state index in [2.05, 4.69) is 48.1 Å². The van der Waals surface area contributed by atoms with Gasteiger partial charge in [-0.25, -0.2) is 17.2 Å². The molecule has 1 atom stereocenters. The summed E-state index contributed by atoms with van der Waals surface area (Å²) in [4.78, 5) is 4.61. The zero-order chi connectivity index (χ0) is 34.4. The van der Waals surface area contributed by atoms with Gasteiger partial charge in [0.15, 0.2) is 0 Å². The number of aliphatic hydroxyl groups is 2. The van der Waals surface area contributed by atoms with Gasteiger partial charge in [0.25, 0.3) is 5.66 Å². The lowest BCUT2D eigenvalue weighted by Crippen LogP contribution is -2.44. The van der Waals surface area contributed by atoms with Crippen molar-refractivity contribution in [2.75, 3.05) is 66.4 Å². The summed E-state index contributed by atoms with van der Waals surface area (Å²) in [7, 11) is 5.45. The van der Waals surface area contributed by atoms with E-state index >= 15 is 0 Å². The van der Waals surface area contributed by atoms with Gasteiger partial charge >= 0.3 is 0 Å². The molecule has 2 aromatic rings. The van der Waals surface area contributed by atoms with Crippen molar-refractivity contribution in [3.63, 3.8) is 0 Å². The van der Waals surface area contributed by atoms with Crippen LogP contribution in [-0.2, 0) is 16.6 Å². The van der Waals surface area contributed by atoms with Crippen LogP contribution in [0.5, 0.6) is 5.75 Å². The SMILES string of the molecule is COc1cc(S(=O)(=O)N(CCO)CCO)ccc1NCC#Cc1cc2c(n1CC(F)(F)P)=CCCC=2N(C)C1CCC(N(C)C)CC1. The maximum atomic E-state index is 14.4. The first-order valence-electron chi connectivity index (χ1n) is 15.9. The van der Waals surface area contributed by atoms with Gasteiger partial charge in [0.1, 0.15) is 5.75 Å². The molecule has 1 fully saturated rings. The van der Waals surface area contributed by atoms with Crippen LogP contribution in [0.4, 0.5) is 14.5 Å². The van der Waals surface area contributed by atoms with Gasteiger partial charge in [-0.2, -0.15) is 4.31 Å². The van der Waals surface area contributed by atoms with Gasteiger partial charge in [-0.1, -0.05) is 21.2 Å².